The molecule has 0 unspecified atom stereocenters. The van der Waals surface area contributed by atoms with E-state index in [2.05, 4.69) is 0 Å². The molecular formula is C11H12N2O2. The van der Waals surface area contributed by atoms with E-state index in [1.54, 1.807) is 16.8 Å². The van der Waals surface area contributed by atoms with Gasteiger partial charge in [0, 0.05) is 12.7 Å². The van der Waals surface area contributed by atoms with Gasteiger partial charge in [0.1, 0.15) is 11.8 Å². The topological polar surface area (TPSA) is 55.0 Å². The van der Waals surface area contributed by atoms with E-state index in [1.807, 2.05) is 6.07 Å². The molecule has 1 aromatic heterocycles. The number of rotatable bonds is 3. The van der Waals surface area contributed by atoms with E-state index in [9.17, 15) is 4.79 Å². The summed E-state index contributed by atoms with van der Waals surface area (Å²) in [5.74, 6) is 0.970. The van der Waals surface area contributed by atoms with Crippen LogP contribution in [0.1, 0.15) is 18.4 Å². The first-order valence-corrected chi connectivity index (χ1v) is 4.93. The van der Waals surface area contributed by atoms with Crippen LogP contribution in [0.4, 0.5) is 0 Å². The molecule has 0 amide bonds. The molecular weight excluding hydrogens is 192 g/mol. The van der Waals surface area contributed by atoms with Crippen molar-refractivity contribution in [1.29, 1.82) is 5.26 Å². The van der Waals surface area contributed by atoms with Crippen molar-refractivity contribution in [3.63, 3.8) is 0 Å². The number of methoxy groups -OCH3 is 1. The molecule has 0 saturated heterocycles. The fraction of sp³-hybridized carbons (Fsp3) is 0.455. The first-order chi connectivity index (χ1) is 7.26. The van der Waals surface area contributed by atoms with Crippen LogP contribution in [0.15, 0.2) is 17.1 Å². The van der Waals surface area contributed by atoms with Gasteiger partial charge in [-0.2, -0.15) is 5.26 Å². The Balaban J connectivity index is 2.41. The van der Waals surface area contributed by atoms with E-state index < -0.39 is 0 Å². The highest BCUT2D eigenvalue weighted by Crippen LogP contribution is 2.30. The fourth-order valence-corrected chi connectivity index (χ4v) is 1.55. The average molecular weight is 204 g/mol. The van der Waals surface area contributed by atoms with E-state index in [0.717, 1.165) is 6.54 Å². The number of aromatic nitrogens is 1. The zero-order valence-electron chi connectivity index (χ0n) is 8.56. The maximum atomic E-state index is 11.8. The zero-order chi connectivity index (χ0) is 10.8. The third-order valence-corrected chi connectivity index (χ3v) is 2.61. The van der Waals surface area contributed by atoms with Crippen LogP contribution in [0.5, 0.6) is 5.75 Å². The van der Waals surface area contributed by atoms with Crippen LogP contribution in [0.2, 0.25) is 0 Å². The van der Waals surface area contributed by atoms with Crippen LogP contribution in [-0.4, -0.2) is 11.7 Å². The van der Waals surface area contributed by atoms with Gasteiger partial charge in [-0.15, -0.1) is 0 Å². The molecule has 4 nitrogen and oxygen atoms in total. The molecule has 1 aliphatic rings. The van der Waals surface area contributed by atoms with Gasteiger partial charge in [-0.25, -0.2) is 0 Å². The predicted octanol–water partition coefficient (Wildman–Crippen LogP) is 1.14. The smallest absolute Gasteiger partial charge is 0.272 e. The molecule has 0 aromatic carbocycles. The van der Waals surface area contributed by atoms with Gasteiger partial charge in [0.05, 0.1) is 7.11 Å². The second kappa shape index (κ2) is 3.77. The highest BCUT2D eigenvalue weighted by molar-refractivity contribution is 5.40. The molecule has 0 atom stereocenters. The van der Waals surface area contributed by atoms with Crippen LogP contribution in [0.3, 0.4) is 0 Å². The van der Waals surface area contributed by atoms with Gasteiger partial charge < -0.3 is 9.30 Å². The molecule has 1 aromatic rings. The van der Waals surface area contributed by atoms with Crippen LogP contribution in [0, 0.1) is 17.2 Å². The standard InChI is InChI=1S/C11H12N2O2/c1-15-10-4-5-13(7-8-2-3-8)11(14)9(10)6-12/h4-5,8H,2-3,7H2,1H3. The largest absolute Gasteiger partial charge is 0.495 e. The van der Waals surface area contributed by atoms with Crippen molar-refractivity contribution in [2.24, 2.45) is 5.92 Å². The molecule has 0 spiro atoms. The van der Waals surface area contributed by atoms with Crippen LogP contribution in [0.25, 0.3) is 0 Å². The van der Waals surface area contributed by atoms with Crippen molar-refractivity contribution in [3.8, 4) is 11.8 Å². The minimum atomic E-state index is -0.247. The zero-order valence-corrected chi connectivity index (χ0v) is 8.56. The molecule has 0 aliphatic heterocycles. The first-order valence-electron chi connectivity index (χ1n) is 4.93. The number of nitrogens with zero attached hydrogens (tertiary/aromatic N) is 2. The van der Waals surface area contributed by atoms with Crippen molar-refractivity contribution in [2.45, 2.75) is 19.4 Å². The van der Waals surface area contributed by atoms with Crippen LogP contribution in [-0.2, 0) is 6.54 Å². The molecule has 1 aliphatic carbocycles. The van der Waals surface area contributed by atoms with E-state index >= 15 is 0 Å². The van der Waals surface area contributed by atoms with Crippen LogP contribution >= 0.6 is 0 Å². The van der Waals surface area contributed by atoms with Crippen LogP contribution < -0.4 is 10.3 Å². The van der Waals surface area contributed by atoms with E-state index in [4.69, 9.17) is 10.00 Å². The summed E-state index contributed by atoms with van der Waals surface area (Å²) in [5, 5.41) is 8.86. The summed E-state index contributed by atoms with van der Waals surface area (Å²) in [6.45, 7) is 0.720. The fourth-order valence-electron chi connectivity index (χ4n) is 1.55. The van der Waals surface area contributed by atoms with Crippen molar-refractivity contribution in [1.82, 2.24) is 4.57 Å². The third kappa shape index (κ3) is 1.86. The van der Waals surface area contributed by atoms with Crippen molar-refractivity contribution in [3.05, 3.63) is 28.2 Å². The summed E-state index contributed by atoms with van der Waals surface area (Å²) in [7, 11) is 1.46. The Kier molecular flexibility index (Phi) is 2.46. The second-order valence-corrected chi connectivity index (χ2v) is 3.77. The van der Waals surface area contributed by atoms with Gasteiger partial charge in [0.2, 0.25) is 0 Å². The van der Waals surface area contributed by atoms with E-state index in [1.165, 1.54) is 20.0 Å². The Morgan fingerprint density at radius 1 is 1.67 bits per heavy atom. The summed E-state index contributed by atoms with van der Waals surface area (Å²) in [5.41, 5.74) is -0.149. The lowest BCUT2D eigenvalue weighted by Crippen LogP contribution is -2.23. The van der Waals surface area contributed by atoms with Crippen molar-refractivity contribution >= 4 is 0 Å². The minimum Gasteiger partial charge on any atom is -0.495 e. The highest BCUT2D eigenvalue weighted by atomic mass is 16.5. The number of pyridine rings is 1. The molecule has 1 saturated carbocycles. The van der Waals surface area contributed by atoms with Gasteiger partial charge in [-0.05, 0) is 24.8 Å². The molecule has 0 N–H and O–H groups in total. The van der Waals surface area contributed by atoms with Crippen molar-refractivity contribution in [2.75, 3.05) is 7.11 Å². The number of hydrogen-bond acceptors (Lipinski definition) is 3. The highest BCUT2D eigenvalue weighted by Gasteiger charge is 2.23. The Labute approximate surface area is 87.7 Å². The van der Waals surface area contributed by atoms with E-state index in [0.29, 0.717) is 11.7 Å². The maximum absolute atomic E-state index is 11.8. The average Bonchev–Trinajstić information content (AvgIpc) is 3.04. The Morgan fingerprint density at radius 2 is 2.40 bits per heavy atom. The number of nitriles is 1. The van der Waals surface area contributed by atoms with E-state index in [-0.39, 0.29) is 11.1 Å². The van der Waals surface area contributed by atoms with Gasteiger partial charge in [-0.1, -0.05) is 0 Å². The van der Waals surface area contributed by atoms with Gasteiger partial charge in [0.25, 0.3) is 5.56 Å². The van der Waals surface area contributed by atoms with Gasteiger partial charge in [0.15, 0.2) is 5.56 Å². The SMILES string of the molecule is COc1ccn(CC2CC2)c(=O)c1C#N. The van der Waals surface area contributed by atoms with Gasteiger partial charge >= 0.3 is 0 Å². The number of hydrogen-bond donors (Lipinski definition) is 0. The Morgan fingerprint density at radius 3 is 2.93 bits per heavy atom. The molecule has 1 heterocycles. The van der Waals surface area contributed by atoms with Crippen molar-refractivity contribution < 1.29 is 4.74 Å². The second-order valence-electron chi connectivity index (χ2n) is 3.77. The predicted molar refractivity (Wildman–Crippen MR) is 54.7 cm³/mol. The summed E-state index contributed by atoms with van der Waals surface area (Å²) < 4.78 is 6.55. The summed E-state index contributed by atoms with van der Waals surface area (Å²) in [6.07, 6.45) is 4.06. The monoisotopic (exact) mass is 204 g/mol. The normalized spacial score (nSPS) is 14.7. The lowest BCUT2D eigenvalue weighted by molar-refractivity contribution is 0.410. The first kappa shape index (κ1) is 9.78. The third-order valence-electron chi connectivity index (χ3n) is 2.61. The lowest BCUT2D eigenvalue weighted by Gasteiger charge is -2.07. The summed E-state index contributed by atoms with van der Waals surface area (Å²) in [4.78, 5) is 11.8. The molecule has 15 heavy (non-hydrogen) atoms. The Bertz CT molecular complexity index is 466. The summed E-state index contributed by atoms with van der Waals surface area (Å²) >= 11 is 0. The lowest BCUT2D eigenvalue weighted by atomic mass is 10.2. The number of ether oxygens (including phenoxy) is 1. The minimum absolute atomic E-state index is 0.0978. The maximum Gasteiger partial charge on any atom is 0.272 e. The molecule has 4 heteroatoms. The molecule has 78 valence electrons. The quantitative estimate of drug-likeness (QED) is 0.741. The molecule has 0 radical (unpaired) electrons. The van der Waals surface area contributed by atoms with Gasteiger partial charge in [-0.3, -0.25) is 4.79 Å². The molecule has 0 bridgehead atoms. The molecule has 1 fully saturated rings. The molecule has 2 rings (SSSR count). The Hall–Kier alpha value is -1.76. The summed E-state index contributed by atoms with van der Waals surface area (Å²) in [6, 6.07) is 3.56.